The second kappa shape index (κ2) is 5.73. The van der Waals surface area contributed by atoms with E-state index in [9.17, 15) is 9.59 Å². The third kappa shape index (κ3) is 4.25. The zero-order valence-electron chi connectivity index (χ0n) is 9.61. The third-order valence-corrected chi connectivity index (χ3v) is 2.60. The highest BCUT2D eigenvalue weighted by atomic mass is 35.5. The molecule has 0 radical (unpaired) electrons. The number of carbonyl (C=O) groups is 2. The number of ether oxygens (including phenoxy) is 1. The molecule has 0 heterocycles. The Morgan fingerprint density at radius 3 is 2.56 bits per heavy atom. The Labute approximate surface area is 109 Å². The number of imide groups is 1. The summed E-state index contributed by atoms with van der Waals surface area (Å²) in [6, 6.07) is 6.38. The molecule has 2 rings (SSSR count). The van der Waals surface area contributed by atoms with Gasteiger partial charge in [-0.15, -0.1) is 0 Å². The van der Waals surface area contributed by atoms with Gasteiger partial charge in [0.2, 0.25) is 0 Å². The molecule has 0 atom stereocenters. The van der Waals surface area contributed by atoms with E-state index in [0.29, 0.717) is 10.8 Å². The number of halogens is 1. The number of benzene rings is 1. The van der Waals surface area contributed by atoms with Crippen LogP contribution in [0.3, 0.4) is 0 Å². The highest BCUT2D eigenvalue weighted by molar-refractivity contribution is 6.30. The number of nitrogens with one attached hydrogen (secondary N) is 2. The van der Waals surface area contributed by atoms with Crippen LogP contribution in [0.15, 0.2) is 24.3 Å². The molecule has 0 spiro atoms. The van der Waals surface area contributed by atoms with Crippen LogP contribution in [-0.2, 0) is 4.79 Å². The van der Waals surface area contributed by atoms with E-state index in [2.05, 4.69) is 10.6 Å². The van der Waals surface area contributed by atoms with Gasteiger partial charge in [-0.1, -0.05) is 11.6 Å². The maximum atomic E-state index is 11.4. The van der Waals surface area contributed by atoms with Crippen LogP contribution >= 0.6 is 11.6 Å². The van der Waals surface area contributed by atoms with Gasteiger partial charge in [0.25, 0.3) is 5.91 Å². The van der Waals surface area contributed by atoms with Crippen molar-refractivity contribution < 1.29 is 14.3 Å². The Balaban J connectivity index is 1.70. The lowest BCUT2D eigenvalue weighted by atomic mass is 10.3. The fourth-order valence-electron chi connectivity index (χ4n) is 1.29. The van der Waals surface area contributed by atoms with Gasteiger partial charge in [0.05, 0.1) is 0 Å². The summed E-state index contributed by atoms with van der Waals surface area (Å²) >= 11 is 5.71. The lowest BCUT2D eigenvalue weighted by Gasteiger charge is -2.07. The number of hydrogen-bond donors (Lipinski definition) is 2. The summed E-state index contributed by atoms with van der Waals surface area (Å²) < 4.78 is 5.19. The molecule has 0 unspecified atom stereocenters. The van der Waals surface area contributed by atoms with E-state index >= 15 is 0 Å². The van der Waals surface area contributed by atoms with Crippen LogP contribution in [0.25, 0.3) is 0 Å². The number of amides is 3. The van der Waals surface area contributed by atoms with Crippen LogP contribution in [-0.4, -0.2) is 24.6 Å². The molecule has 0 bridgehead atoms. The zero-order chi connectivity index (χ0) is 13.0. The van der Waals surface area contributed by atoms with E-state index in [1.54, 1.807) is 24.3 Å². The molecule has 1 aromatic carbocycles. The van der Waals surface area contributed by atoms with Crippen LogP contribution in [0.1, 0.15) is 12.8 Å². The highest BCUT2D eigenvalue weighted by Gasteiger charge is 2.23. The van der Waals surface area contributed by atoms with Gasteiger partial charge in [-0.3, -0.25) is 10.1 Å². The maximum absolute atomic E-state index is 11.4. The molecule has 0 aromatic heterocycles. The van der Waals surface area contributed by atoms with E-state index in [-0.39, 0.29) is 12.6 Å². The number of carbonyl (C=O) groups excluding carboxylic acids is 2. The van der Waals surface area contributed by atoms with Gasteiger partial charge >= 0.3 is 6.03 Å². The zero-order valence-corrected chi connectivity index (χ0v) is 10.4. The number of hydrogen-bond acceptors (Lipinski definition) is 3. The average Bonchev–Trinajstić information content (AvgIpc) is 3.12. The van der Waals surface area contributed by atoms with Crippen molar-refractivity contribution in [3.63, 3.8) is 0 Å². The SMILES string of the molecule is O=C(COc1ccc(Cl)cc1)NC(=O)NC1CC1. The third-order valence-electron chi connectivity index (χ3n) is 2.35. The minimum absolute atomic E-state index is 0.209. The Kier molecular flexibility index (Phi) is 4.04. The van der Waals surface area contributed by atoms with Crippen molar-refractivity contribution in [2.45, 2.75) is 18.9 Å². The van der Waals surface area contributed by atoms with E-state index in [0.717, 1.165) is 12.8 Å². The van der Waals surface area contributed by atoms with Crippen LogP contribution in [0, 0.1) is 0 Å². The molecule has 5 nitrogen and oxygen atoms in total. The van der Waals surface area contributed by atoms with Gasteiger partial charge < -0.3 is 10.1 Å². The van der Waals surface area contributed by atoms with Crippen molar-refractivity contribution in [1.29, 1.82) is 0 Å². The van der Waals surface area contributed by atoms with Crippen molar-refractivity contribution in [1.82, 2.24) is 10.6 Å². The van der Waals surface area contributed by atoms with Crippen LogP contribution in [0.2, 0.25) is 5.02 Å². The van der Waals surface area contributed by atoms with Gasteiger partial charge in [0, 0.05) is 11.1 Å². The Morgan fingerprint density at radius 2 is 1.94 bits per heavy atom. The largest absolute Gasteiger partial charge is 0.484 e. The van der Waals surface area contributed by atoms with Crippen molar-refractivity contribution >= 4 is 23.5 Å². The lowest BCUT2D eigenvalue weighted by molar-refractivity contribution is -0.122. The van der Waals surface area contributed by atoms with Gasteiger partial charge in [-0.25, -0.2) is 4.79 Å². The second-order valence-corrected chi connectivity index (χ2v) is 4.47. The van der Waals surface area contributed by atoms with Crippen LogP contribution in [0.4, 0.5) is 4.79 Å². The second-order valence-electron chi connectivity index (χ2n) is 4.04. The van der Waals surface area contributed by atoms with Crippen LogP contribution in [0.5, 0.6) is 5.75 Å². The fourth-order valence-corrected chi connectivity index (χ4v) is 1.42. The summed E-state index contributed by atoms with van der Waals surface area (Å²) in [4.78, 5) is 22.6. The molecule has 96 valence electrons. The van der Waals surface area contributed by atoms with Gasteiger partial charge in [0.15, 0.2) is 6.61 Å². The standard InChI is InChI=1S/C12H13ClN2O3/c13-8-1-5-10(6-2-8)18-7-11(16)15-12(17)14-9-3-4-9/h1-2,5-6,9H,3-4,7H2,(H2,14,15,16,17). The van der Waals surface area contributed by atoms with Gasteiger partial charge in [-0.2, -0.15) is 0 Å². The molecule has 1 aliphatic rings. The Hall–Kier alpha value is -1.75. The van der Waals surface area contributed by atoms with Gasteiger partial charge in [0.1, 0.15) is 5.75 Å². The first-order valence-electron chi connectivity index (χ1n) is 5.62. The minimum Gasteiger partial charge on any atom is -0.484 e. The Morgan fingerprint density at radius 1 is 1.28 bits per heavy atom. The normalized spacial score (nSPS) is 13.8. The lowest BCUT2D eigenvalue weighted by Crippen LogP contribution is -2.42. The van der Waals surface area contributed by atoms with E-state index < -0.39 is 11.9 Å². The Bertz CT molecular complexity index is 443. The molecule has 1 fully saturated rings. The predicted molar refractivity (Wildman–Crippen MR) is 66.6 cm³/mol. The first-order chi connectivity index (χ1) is 8.63. The minimum atomic E-state index is -0.483. The molecule has 2 N–H and O–H groups in total. The summed E-state index contributed by atoms with van der Waals surface area (Å²) in [5.74, 6) is 0.0419. The van der Waals surface area contributed by atoms with Crippen molar-refractivity contribution in [3.05, 3.63) is 29.3 Å². The van der Waals surface area contributed by atoms with Gasteiger partial charge in [-0.05, 0) is 37.1 Å². The fraction of sp³-hybridized carbons (Fsp3) is 0.333. The van der Waals surface area contributed by atoms with Crippen molar-refractivity contribution in [3.8, 4) is 5.75 Å². The highest BCUT2D eigenvalue weighted by Crippen LogP contribution is 2.18. The molecule has 1 aliphatic carbocycles. The predicted octanol–water partition coefficient (Wildman–Crippen LogP) is 1.71. The molecular formula is C12H13ClN2O3. The molecule has 3 amide bonds. The molecule has 1 saturated carbocycles. The molecule has 0 aliphatic heterocycles. The summed E-state index contributed by atoms with van der Waals surface area (Å²) in [5.41, 5.74) is 0. The summed E-state index contributed by atoms with van der Waals surface area (Å²) in [7, 11) is 0. The topological polar surface area (TPSA) is 67.4 Å². The number of urea groups is 1. The smallest absolute Gasteiger partial charge is 0.321 e. The monoisotopic (exact) mass is 268 g/mol. The molecule has 1 aromatic rings. The van der Waals surface area contributed by atoms with Crippen molar-refractivity contribution in [2.24, 2.45) is 0 Å². The average molecular weight is 269 g/mol. The molecule has 0 saturated heterocycles. The molecular weight excluding hydrogens is 256 g/mol. The summed E-state index contributed by atoms with van der Waals surface area (Å²) in [6.45, 7) is -0.209. The van der Waals surface area contributed by atoms with Crippen molar-refractivity contribution in [2.75, 3.05) is 6.61 Å². The quantitative estimate of drug-likeness (QED) is 0.873. The number of rotatable bonds is 4. The van der Waals surface area contributed by atoms with E-state index in [1.807, 2.05) is 0 Å². The van der Waals surface area contributed by atoms with Crippen LogP contribution < -0.4 is 15.4 Å². The first-order valence-corrected chi connectivity index (χ1v) is 6.00. The molecule has 6 heteroatoms. The van der Waals surface area contributed by atoms with E-state index in [1.165, 1.54) is 0 Å². The summed E-state index contributed by atoms with van der Waals surface area (Å²) in [5, 5.41) is 5.43. The summed E-state index contributed by atoms with van der Waals surface area (Å²) in [6.07, 6.45) is 1.95. The maximum Gasteiger partial charge on any atom is 0.321 e. The first kappa shape index (κ1) is 12.7. The molecule has 18 heavy (non-hydrogen) atoms. The van der Waals surface area contributed by atoms with E-state index in [4.69, 9.17) is 16.3 Å².